The second-order valence-corrected chi connectivity index (χ2v) is 9.62. The first-order chi connectivity index (χ1) is 16.3. The molecule has 0 aliphatic heterocycles. The summed E-state index contributed by atoms with van der Waals surface area (Å²) in [5, 5.41) is 5.16. The molecule has 2 aromatic carbocycles. The van der Waals surface area contributed by atoms with Gasteiger partial charge in [0.05, 0.1) is 12.4 Å². The highest BCUT2D eigenvalue weighted by Gasteiger charge is 2.24. The van der Waals surface area contributed by atoms with E-state index in [1.807, 2.05) is 38.1 Å². The molecule has 0 bridgehead atoms. The fourth-order valence-electron chi connectivity index (χ4n) is 3.08. The normalized spacial score (nSPS) is 10.6. The zero-order valence-electron chi connectivity index (χ0n) is 19.0. The number of benzene rings is 2. The van der Waals surface area contributed by atoms with Gasteiger partial charge in [-0.25, -0.2) is 4.79 Å². The van der Waals surface area contributed by atoms with Crippen LogP contribution in [0.1, 0.15) is 28.4 Å². The molecule has 0 unspecified atom stereocenters. The number of ether oxygens (including phenoxy) is 2. The molecule has 0 radical (unpaired) electrons. The second-order valence-electron chi connectivity index (χ2n) is 7.32. The number of hydrogen-bond donors (Lipinski definition) is 1. The van der Waals surface area contributed by atoms with Gasteiger partial charge in [-0.05, 0) is 38.5 Å². The molecular weight excluding hydrogens is 494 g/mol. The molecule has 34 heavy (non-hydrogen) atoms. The zero-order chi connectivity index (χ0) is 24.7. The van der Waals surface area contributed by atoms with Gasteiger partial charge in [-0.2, -0.15) is 0 Å². The van der Waals surface area contributed by atoms with Crippen LogP contribution in [0.5, 0.6) is 0 Å². The topological polar surface area (TPSA) is 81.7 Å². The lowest BCUT2D eigenvalue weighted by atomic mass is 10.0. The number of carbonyl (C=O) groups excluding carboxylic acids is 3. The summed E-state index contributed by atoms with van der Waals surface area (Å²) in [6.45, 7) is 5.37. The van der Waals surface area contributed by atoms with Crippen LogP contribution in [-0.4, -0.2) is 36.8 Å². The molecule has 3 aromatic rings. The number of rotatable bonds is 9. The summed E-state index contributed by atoms with van der Waals surface area (Å²) < 4.78 is 10.3. The van der Waals surface area contributed by atoms with E-state index in [9.17, 15) is 14.4 Å². The fraction of sp³-hybridized carbons (Fsp3) is 0.240. The Balaban J connectivity index is 1.65. The van der Waals surface area contributed by atoms with Gasteiger partial charge in [0, 0.05) is 26.4 Å². The molecule has 0 aliphatic carbocycles. The Bertz CT molecular complexity index is 1210. The van der Waals surface area contributed by atoms with Gasteiger partial charge in [0.1, 0.15) is 10.6 Å². The molecule has 1 heterocycles. The van der Waals surface area contributed by atoms with Gasteiger partial charge >= 0.3 is 11.9 Å². The Morgan fingerprint density at radius 1 is 1.06 bits per heavy atom. The molecule has 1 aromatic heterocycles. The number of aryl methyl sites for hydroxylation is 2. The van der Waals surface area contributed by atoms with Crippen molar-refractivity contribution in [3.63, 3.8) is 0 Å². The largest absolute Gasteiger partial charge is 0.462 e. The number of nitrogens with one attached hydrogen (secondary N) is 1. The first-order valence-corrected chi connectivity index (χ1v) is 12.7. The Morgan fingerprint density at radius 3 is 2.56 bits per heavy atom. The number of amides is 1. The first-order valence-electron chi connectivity index (χ1n) is 10.5. The van der Waals surface area contributed by atoms with E-state index in [2.05, 4.69) is 5.32 Å². The summed E-state index contributed by atoms with van der Waals surface area (Å²) in [6.07, 6.45) is 0. The average molecular weight is 518 g/mol. The van der Waals surface area contributed by atoms with Gasteiger partial charge in [0.15, 0.2) is 6.61 Å². The van der Waals surface area contributed by atoms with Crippen LogP contribution in [0.2, 0.25) is 5.02 Å². The maximum Gasteiger partial charge on any atom is 0.341 e. The minimum Gasteiger partial charge on any atom is -0.462 e. The maximum atomic E-state index is 12.7. The van der Waals surface area contributed by atoms with Crippen molar-refractivity contribution < 1.29 is 23.9 Å². The Hall–Kier alpha value is -2.81. The van der Waals surface area contributed by atoms with Crippen molar-refractivity contribution in [2.45, 2.75) is 25.7 Å². The summed E-state index contributed by atoms with van der Waals surface area (Å²) in [6, 6.07) is 13.1. The van der Waals surface area contributed by atoms with Crippen LogP contribution in [0.4, 0.5) is 5.00 Å². The Morgan fingerprint density at radius 2 is 1.82 bits per heavy atom. The third-order valence-electron chi connectivity index (χ3n) is 4.74. The molecule has 0 saturated carbocycles. The van der Waals surface area contributed by atoms with E-state index < -0.39 is 24.5 Å². The van der Waals surface area contributed by atoms with Crippen LogP contribution < -0.4 is 5.32 Å². The van der Waals surface area contributed by atoms with Gasteiger partial charge in [-0.1, -0.05) is 47.5 Å². The number of carbonyl (C=O) groups is 3. The predicted octanol–water partition coefficient (Wildman–Crippen LogP) is 6.14. The summed E-state index contributed by atoms with van der Waals surface area (Å²) in [7, 11) is 0. The molecule has 0 saturated heterocycles. The lowest BCUT2D eigenvalue weighted by Gasteiger charge is -2.10. The molecule has 1 amide bonds. The molecule has 9 heteroatoms. The van der Waals surface area contributed by atoms with Gasteiger partial charge in [0.2, 0.25) is 0 Å². The van der Waals surface area contributed by atoms with Crippen molar-refractivity contribution in [3.8, 4) is 11.1 Å². The van der Waals surface area contributed by atoms with Crippen molar-refractivity contribution >= 4 is 57.5 Å². The maximum absolute atomic E-state index is 12.7. The zero-order valence-corrected chi connectivity index (χ0v) is 21.4. The van der Waals surface area contributed by atoms with E-state index in [4.69, 9.17) is 21.1 Å². The van der Waals surface area contributed by atoms with Crippen LogP contribution in [0.3, 0.4) is 0 Å². The monoisotopic (exact) mass is 517 g/mol. The molecule has 1 N–H and O–H groups in total. The van der Waals surface area contributed by atoms with Crippen LogP contribution >= 0.6 is 34.7 Å². The summed E-state index contributed by atoms with van der Waals surface area (Å²) in [5.41, 5.74) is 3.60. The van der Waals surface area contributed by atoms with Crippen LogP contribution in [0, 0.1) is 13.8 Å². The molecule has 178 valence electrons. The summed E-state index contributed by atoms with van der Waals surface area (Å²) >= 11 is 8.84. The smallest absolute Gasteiger partial charge is 0.341 e. The van der Waals surface area contributed by atoms with Crippen molar-refractivity contribution in [2.24, 2.45) is 0 Å². The number of esters is 2. The number of halogens is 1. The first kappa shape index (κ1) is 25.8. The summed E-state index contributed by atoms with van der Waals surface area (Å²) in [4.78, 5) is 38.3. The molecule has 6 nitrogen and oxygen atoms in total. The highest BCUT2D eigenvalue weighted by Crippen LogP contribution is 2.39. The molecule has 0 fully saturated rings. The second kappa shape index (κ2) is 12.1. The van der Waals surface area contributed by atoms with Crippen molar-refractivity contribution in [3.05, 3.63) is 69.6 Å². The van der Waals surface area contributed by atoms with Gasteiger partial charge in [-0.3, -0.25) is 9.59 Å². The standard InChI is InChI=1S/C25H24ClNO5S2/c1-4-31-25(30)23-18(17-7-5-6-8-19(17)26)13-34-24(23)27-21(28)12-32-22(29)14-33-20-11-15(2)9-10-16(20)3/h5-11,13H,4,12,14H2,1-3H3,(H,27,28). The summed E-state index contributed by atoms with van der Waals surface area (Å²) in [5.74, 6) is -1.55. The minimum absolute atomic E-state index is 0.0846. The average Bonchev–Trinajstić information content (AvgIpc) is 3.22. The van der Waals surface area contributed by atoms with E-state index in [1.165, 1.54) is 23.1 Å². The molecule has 0 atom stereocenters. The van der Waals surface area contributed by atoms with E-state index in [-0.39, 0.29) is 17.9 Å². The number of thiophene rings is 1. The fourth-order valence-corrected chi connectivity index (χ4v) is 5.21. The van der Waals surface area contributed by atoms with Crippen molar-refractivity contribution in [1.82, 2.24) is 0 Å². The van der Waals surface area contributed by atoms with E-state index in [1.54, 1.807) is 30.5 Å². The molecule has 0 aliphatic rings. The quantitative estimate of drug-likeness (QED) is 0.271. The van der Waals surface area contributed by atoms with E-state index in [0.717, 1.165) is 16.0 Å². The van der Waals surface area contributed by atoms with Crippen LogP contribution in [-0.2, 0) is 19.1 Å². The number of thioether (sulfide) groups is 1. The number of hydrogen-bond acceptors (Lipinski definition) is 7. The Kier molecular flexibility index (Phi) is 9.15. The van der Waals surface area contributed by atoms with Crippen molar-refractivity contribution in [1.29, 1.82) is 0 Å². The minimum atomic E-state index is -0.573. The van der Waals surface area contributed by atoms with Crippen molar-refractivity contribution in [2.75, 3.05) is 24.3 Å². The van der Waals surface area contributed by atoms with Gasteiger partial charge < -0.3 is 14.8 Å². The predicted molar refractivity (Wildman–Crippen MR) is 137 cm³/mol. The number of anilines is 1. The van der Waals surface area contributed by atoms with Gasteiger partial charge in [-0.15, -0.1) is 23.1 Å². The third kappa shape index (κ3) is 6.62. The third-order valence-corrected chi connectivity index (χ3v) is 7.10. The SMILES string of the molecule is CCOC(=O)c1c(-c2ccccc2Cl)csc1NC(=O)COC(=O)CSc1cc(C)ccc1C. The highest BCUT2D eigenvalue weighted by molar-refractivity contribution is 8.00. The van der Waals surface area contributed by atoms with Gasteiger partial charge in [0.25, 0.3) is 5.91 Å². The molecular formula is C25H24ClNO5S2. The highest BCUT2D eigenvalue weighted by atomic mass is 35.5. The van der Waals surface area contributed by atoms with Crippen LogP contribution in [0.25, 0.3) is 11.1 Å². The van der Waals surface area contributed by atoms with E-state index >= 15 is 0 Å². The lowest BCUT2D eigenvalue weighted by molar-refractivity contribution is -0.144. The molecule has 3 rings (SSSR count). The van der Waals surface area contributed by atoms with Crippen LogP contribution in [0.15, 0.2) is 52.7 Å². The molecule has 0 spiro atoms. The Labute approximate surface area is 211 Å². The van der Waals surface area contributed by atoms with E-state index in [0.29, 0.717) is 21.2 Å². The lowest BCUT2D eigenvalue weighted by Crippen LogP contribution is -2.22.